The molecular weight excluding hydrogens is 216 g/mol. The zero-order valence-electron chi connectivity index (χ0n) is 10.5. The van der Waals surface area contributed by atoms with Gasteiger partial charge in [0.05, 0.1) is 0 Å². The first-order valence-electron chi connectivity index (χ1n) is 5.68. The Labute approximate surface area is 103 Å². The second-order valence-electron chi connectivity index (χ2n) is 4.07. The molecule has 0 aliphatic rings. The summed E-state index contributed by atoms with van der Waals surface area (Å²) in [6.07, 6.45) is 3.11. The molecule has 0 aliphatic carbocycles. The highest BCUT2D eigenvalue weighted by atomic mass is 32.2. The van der Waals surface area contributed by atoms with E-state index in [2.05, 4.69) is 43.3 Å². The van der Waals surface area contributed by atoms with Crippen LogP contribution >= 0.6 is 11.8 Å². The summed E-state index contributed by atoms with van der Waals surface area (Å²) in [5.74, 6) is 1.17. The van der Waals surface area contributed by atoms with Crippen LogP contribution in [0.25, 0.3) is 0 Å². The Kier molecular flexibility index (Phi) is 5.71. The van der Waals surface area contributed by atoms with Crippen LogP contribution in [0.3, 0.4) is 0 Å². The number of thioether (sulfide) groups is 1. The average molecular weight is 238 g/mol. The summed E-state index contributed by atoms with van der Waals surface area (Å²) in [4.78, 5) is 2.32. The van der Waals surface area contributed by atoms with Gasteiger partial charge < -0.3 is 10.6 Å². The van der Waals surface area contributed by atoms with E-state index in [0.29, 0.717) is 0 Å². The molecule has 0 radical (unpaired) electrons. The fourth-order valence-electron chi connectivity index (χ4n) is 1.82. The minimum atomic E-state index is 0.723. The van der Waals surface area contributed by atoms with E-state index < -0.39 is 0 Å². The highest BCUT2D eigenvalue weighted by Gasteiger charge is 2.04. The van der Waals surface area contributed by atoms with Crippen molar-refractivity contribution in [3.63, 3.8) is 0 Å². The van der Waals surface area contributed by atoms with Crippen LogP contribution < -0.4 is 10.6 Å². The molecule has 1 aromatic carbocycles. The lowest BCUT2D eigenvalue weighted by Crippen LogP contribution is -2.21. The van der Waals surface area contributed by atoms with Gasteiger partial charge in [0.25, 0.3) is 0 Å². The molecular formula is C13H22N2S. The van der Waals surface area contributed by atoms with Crippen molar-refractivity contribution in [3.8, 4) is 0 Å². The molecule has 0 saturated carbocycles. The number of aryl methyl sites for hydroxylation is 1. The highest BCUT2D eigenvalue weighted by molar-refractivity contribution is 7.98. The quantitative estimate of drug-likeness (QED) is 0.824. The molecule has 0 saturated heterocycles. The van der Waals surface area contributed by atoms with E-state index in [-0.39, 0.29) is 0 Å². The Morgan fingerprint density at radius 2 is 2.12 bits per heavy atom. The van der Waals surface area contributed by atoms with Crippen molar-refractivity contribution in [3.05, 3.63) is 29.3 Å². The number of anilines is 1. The third-order valence-electron chi connectivity index (χ3n) is 2.74. The van der Waals surface area contributed by atoms with Crippen LogP contribution in [0.15, 0.2) is 18.2 Å². The van der Waals surface area contributed by atoms with Gasteiger partial charge in [-0.05, 0) is 43.3 Å². The molecule has 0 atom stereocenters. The Morgan fingerprint density at radius 3 is 2.69 bits per heavy atom. The van der Waals surface area contributed by atoms with Gasteiger partial charge in [-0.15, -0.1) is 0 Å². The third kappa shape index (κ3) is 3.72. The number of hydrogen-bond donors (Lipinski definition) is 1. The van der Waals surface area contributed by atoms with Crippen LogP contribution in [0.5, 0.6) is 0 Å². The molecule has 1 rings (SSSR count). The molecule has 0 aliphatic heterocycles. The van der Waals surface area contributed by atoms with Crippen LogP contribution in [0, 0.1) is 6.92 Å². The predicted octanol–water partition coefficient (Wildman–Crippen LogP) is 2.30. The summed E-state index contributed by atoms with van der Waals surface area (Å²) < 4.78 is 0. The second-order valence-corrected chi connectivity index (χ2v) is 5.06. The average Bonchev–Trinajstić information content (AvgIpc) is 2.26. The van der Waals surface area contributed by atoms with Gasteiger partial charge in [0, 0.05) is 25.0 Å². The van der Waals surface area contributed by atoms with E-state index in [4.69, 9.17) is 5.73 Å². The Bertz CT molecular complexity index is 326. The fraction of sp³-hybridized carbons (Fsp3) is 0.538. The summed E-state index contributed by atoms with van der Waals surface area (Å²) in [5, 5.41) is 0. The minimum Gasteiger partial charge on any atom is -0.374 e. The number of rotatable bonds is 6. The van der Waals surface area contributed by atoms with Gasteiger partial charge in [0.15, 0.2) is 0 Å². The molecule has 0 aromatic heterocycles. The lowest BCUT2D eigenvalue weighted by Gasteiger charge is -2.21. The SMILES string of the molecule is CSCCN(C)c1ccc(CCN)cc1C. The van der Waals surface area contributed by atoms with E-state index in [1.165, 1.54) is 22.6 Å². The number of hydrogen-bond acceptors (Lipinski definition) is 3. The summed E-state index contributed by atoms with van der Waals surface area (Å²) in [6.45, 7) is 3.99. The smallest absolute Gasteiger partial charge is 0.0393 e. The Hall–Kier alpha value is -0.670. The predicted molar refractivity (Wildman–Crippen MR) is 75.6 cm³/mol. The van der Waals surface area contributed by atoms with Crippen LogP contribution in [0.4, 0.5) is 5.69 Å². The summed E-state index contributed by atoms with van der Waals surface area (Å²) in [7, 11) is 2.15. The number of nitrogens with two attached hydrogens (primary N) is 1. The molecule has 1 aromatic rings. The van der Waals surface area contributed by atoms with E-state index in [1.807, 2.05) is 11.8 Å². The summed E-state index contributed by atoms with van der Waals surface area (Å²) >= 11 is 1.88. The molecule has 3 heteroatoms. The zero-order chi connectivity index (χ0) is 12.0. The first-order chi connectivity index (χ1) is 7.69. The maximum atomic E-state index is 5.56. The first-order valence-corrected chi connectivity index (χ1v) is 7.08. The second kappa shape index (κ2) is 6.81. The van der Waals surface area contributed by atoms with Crippen molar-refractivity contribution in [2.75, 3.05) is 37.0 Å². The minimum absolute atomic E-state index is 0.723. The van der Waals surface area contributed by atoms with Crippen molar-refractivity contribution >= 4 is 17.4 Å². The fourth-order valence-corrected chi connectivity index (χ4v) is 2.27. The molecule has 0 unspecified atom stereocenters. The topological polar surface area (TPSA) is 29.3 Å². The first kappa shape index (κ1) is 13.4. The molecule has 90 valence electrons. The number of nitrogens with zero attached hydrogens (tertiary/aromatic N) is 1. The molecule has 2 nitrogen and oxygen atoms in total. The summed E-state index contributed by atoms with van der Waals surface area (Å²) in [6, 6.07) is 6.64. The molecule has 0 spiro atoms. The zero-order valence-corrected chi connectivity index (χ0v) is 11.3. The van der Waals surface area contributed by atoms with E-state index >= 15 is 0 Å². The lowest BCUT2D eigenvalue weighted by molar-refractivity contribution is 0.950. The number of benzene rings is 1. The van der Waals surface area contributed by atoms with E-state index in [1.54, 1.807) is 0 Å². The van der Waals surface area contributed by atoms with Gasteiger partial charge >= 0.3 is 0 Å². The normalized spacial score (nSPS) is 10.5. The van der Waals surface area contributed by atoms with Gasteiger partial charge in [-0.2, -0.15) is 11.8 Å². The van der Waals surface area contributed by atoms with Crippen LogP contribution in [-0.2, 0) is 6.42 Å². The van der Waals surface area contributed by atoms with Crippen molar-refractivity contribution in [2.45, 2.75) is 13.3 Å². The largest absolute Gasteiger partial charge is 0.374 e. The highest BCUT2D eigenvalue weighted by Crippen LogP contribution is 2.20. The monoisotopic (exact) mass is 238 g/mol. The molecule has 0 heterocycles. The standard InChI is InChI=1S/C13H22N2S/c1-11-10-12(6-7-14)4-5-13(11)15(2)8-9-16-3/h4-5,10H,6-9,14H2,1-3H3. The Balaban J connectivity index is 2.73. The van der Waals surface area contributed by atoms with Crippen molar-refractivity contribution < 1.29 is 0 Å². The lowest BCUT2D eigenvalue weighted by atomic mass is 10.1. The molecule has 2 N–H and O–H groups in total. The van der Waals surface area contributed by atoms with Gasteiger partial charge in [0.2, 0.25) is 0 Å². The van der Waals surface area contributed by atoms with Crippen molar-refractivity contribution in [1.29, 1.82) is 0 Å². The third-order valence-corrected chi connectivity index (χ3v) is 3.33. The van der Waals surface area contributed by atoms with Gasteiger partial charge in [-0.25, -0.2) is 0 Å². The van der Waals surface area contributed by atoms with Crippen LogP contribution in [0.2, 0.25) is 0 Å². The van der Waals surface area contributed by atoms with Gasteiger partial charge in [0.1, 0.15) is 0 Å². The van der Waals surface area contributed by atoms with Crippen LogP contribution in [0.1, 0.15) is 11.1 Å². The van der Waals surface area contributed by atoms with Crippen molar-refractivity contribution in [2.24, 2.45) is 5.73 Å². The maximum Gasteiger partial charge on any atom is 0.0393 e. The van der Waals surface area contributed by atoms with Crippen molar-refractivity contribution in [1.82, 2.24) is 0 Å². The molecule has 0 fully saturated rings. The molecule has 0 amide bonds. The molecule has 0 bridgehead atoms. The van der Waals surface area contributed by atoms with Crippen LogP contribution in [-0.4, -0.2) is 32.1 Å². The van der Waals surface area contributed by atoms with E-state index in [9.17, 15) is 0 Å². The Morgan fingerprint density at radius 1 is 1.38 bits per heavy atom. The van der Waals surface area contributed by atoms with E-state index in [0.717, 1.165) is 19.5 Å². The van der Waals surface area contributed by atoms with Gasteiger partial charge in [-0.3, -0.25) is 0 Å². The van der Waals surface area contributed by atoms with Gasteiger partial charge in [-0.1, -0.05) is 12.1 Å². The summed E-state index contributed by atoms with van der Waals surface area (Å²) in [5.41, 5.74) is 9.57. The maximum absolute atomic E-state index is 5.56. The molecule has 16 heavy (non-hydrogen) atoms.